The minimum Gasteiger partial charge on any atom is -0.341 e. The predicted molar refractivity (Wildman–Crippen MR) is 79.5 cm³/mol. The van der Waals surface area contributed by atoms with E-state index in [0.29, 0.717) is 11.6 Å². The summed E-state index contributed by atoms with van der Waals surface area (Å²) in [6.07, 6.45) is 2.04. The summed E-state index contributed by atoms with van der Waals surface area (Å²) in [4.78, 5) is 15.7. The molecule has 0 saturated heterocycles. The lowest BCUT2D eigenvalue weighted by Crippen LogP contribution is -2.29. The summed E-state index contributed by atoms with van der Waals surface area (Å²) in [6, 6.07) is 8.33. The first-order valence-corrected chi connectivity index (χ1v) is 7.07. The first-order valence-electron chi connectivity index (χ1n) is 6.19. The number of thiazole rings is 1. The van der Waals surface area contributed by atoms with Crippen molar-refractivity contribution >= 4 is 28.1 Å². The van der Waals surface area contributed by atoms with Crippen LogP contribution in [0.15, 0.2) is 35.8 Å². The lowest BCUT2D eigenvalue weighted by molar-refractivity contribution is 0.0953. The molecule has 1 amide bonds. The summed E-state index contributed by atoms with van der Waals surface area (Å²) in [5, 5.41) is 3.50. The number of aromatic nitrogens is 2. The van der Waals surface area contributed by atoms with Crippen LogP contribution in [0.4, 0.5) is 0 Å². The number of nitrogens with one attached hydrogen (secondary N) is 1. The number of hydrazine groups is 1. The highest BCUT2D eigenvalue weighted by Crippen LogP contribution is 2.21. The fourth-order valence-corrected chi connectivity index (χ4v) is 2.95. The first-order chi connectivity index (χ1) is 9.69. The van der Waals surface area contributed by atoms with Gasteiger partial charge < -0.3 is 4.57 Å². The van der Waals surface area contributed by atoms with Gasteiger partial charge in [-0.25, -0.2) is 10.8 Å². The number of nitrogen functional groups attached to an aromatic ring is 1. The monoisotopic (exact) mass is 286 g/mol. The third kappa shape index (κ3) is 2.19. The zero-order chi connectivity index (χ0) is 14.1. The maximum Gasteiger partial charge on any atom is 0.294 e. The number of fused-ring (bicyclic) bond motifs is 1. The van der Waals surface area contributed by atoms with Crippen LogP contribution in [0.2, 0.25) is 0 Å². The number of carbonyl (C=O) groups is 1. The second-order valence-electron chi connectivity index (χ2n) is 4.57. The molecule has 0 aliphatic heterocycles. The Hall–Kier alpha value is -2.18. The van der Waals surface area contributed by atoms with Crippen molar-refractivity contribution in [2.75, 3.05) is 0 Å². The number of nitrogens with zero attached hydrogens (tertiary/aromatic N) is 2. The second-order valence-corrected chi connectivity index (χ2v) is 5.43. The van der Waals surface area contributed by atoms with Crippen LogP contribution in [0, 0.1) is 6.92 Å². The molecule has 0 saturated carbocycles. The number of carbonyl (C=O) groups excluding carboxylic acids is 1. The van der Waals surface area contributed by atoms with Gasteiger partial charge in [0.25, 0.3) is 5.91 Å². The van der Waals surface area contributed by atoms with Crippen LogP contribution in [0.1, 0.15) is 21.1 Å². The molecule has 0 atom stereocenters. The minimum absolute atomic E-state index is 0.352. The molecule has 0 spiro atoms. The largest absolute Gasteiger partial charge is 0.341 e. The molecule has 0 bridgehead atoms. The number of rotatable bonds is 3. The Bertz CT molecular complexity index is 774. The molecule has 0 fully saturated rings. The zero-order valence-electron chi connectivity index (χ0n) is 11.0. The van der Waals surface area contributed by atoms with Crippen molar-refractivity contribution in [2.45, 2.75) is 13.5 Å². The SMILES string of the molecule is Cc1cccc2c1ccn2Cc1csc(C(=O)NN)n1. The molecule has 3 N–H and O–H groups in total. The van der Waals surface area contributed by atoms with Crippen molar-refractivity contribution in [2.24, 2.45) is 5.84 Å². The summed E-state index contributed by atoms with van der Waals surface area (Å²) in [5.74, 6) is 4.75. The quantitative estimate of drug-likeness (QED) is 0.440. The molecule has 0 radical (unpaired) electrons. The highest BCUT2D eigenvalue weighted by Gasteiger charge is 2.10. The van der Waals surface area contributed by atoms with E-state index < -0.39 is 0 Å². The fraction of sp³-hybridized carbons (Fsp3) is 0.143. The molecule has 0 aliphatic carbocycles. The van der Waals surface area contributed by atoms with Gasteiger partial charge >= 0.3 is 0 Å². The summed E-state index contributed by atoms with van der Waals surface area (Å²) >= 11 is 1.30. The summed E-state index contributed by atoms with van der Waals surface area (Å²) in [5.41, 5.74) is 5.37. The standard InChI is InChI=1S/C14H14N4OS/c1-9-3-2-4-12-11(9)5-6-18(12)7-10-8-20-14(16-10)13(19)17-15/h2-6,8H,7,15H2,1H3,(H,17,19). The molecule has 0 aliphatic rings. The number of amides is 1. The van der Waals surface area contributed by atoms with Gasteiger partial charge in [-0.3, -0.25) is 10.2 Å². The second kappa shape index (κ2) is 5.07. The summed E-state index contributed by atoms with van der Waals surface area (Å²) in [6.45, 7) is 2.74. The molecule has 2 heterocycles. The van der Waals surface area contributed by atoms with E-state index in [1.165, 1.54) is 27.8 Å². The van der Waals surface area contributed by atoms with Crippen molar-refractivity contribution in [1.82, 2.24) is 15.0 Å². The number of hydrogen-bond donors (Lipinski definition) is 2. The average Bonchev–Trinajstić information content (AvgIpc) is 3.07. The van der Waals surface area contributed by atoms with E-state index in [4.69, 9.17) is 5.84 Å². The van der Waals surface area contributed by atoms with E-state index in [1.54, 1.807) is 0 Å². The third-order valence-electron chi connectivity index (χ3n) is 3.24. The van der Waals surface area contributed by atoms with Crippen molar-refractivity contribution in [3.8, 4) is 0 Å². The maximum absolute atomic E-state index is 11.4. The van der Waals surface area contributed by atoms with Gasteiger partial charge in [-0.05, 0) is 24.6 Å². The van der Waals surface area contributed by atoms with E-state index in [0.717, 1.165) is 5.69 Å². The molecule has 20 heavy (non-hydrogen) atoms. The van der Waals surface area contributed by atoms with Gasteiger partial charge in [0.15, 0.2) is 5.01 Å². The van der Waals surface area contributed by atoms with Crippen molar-refractivity contribution in [3.63, 3.8) is 0 Å². The van der Waals surface area contributed by atoms with Gasteiger partial charge in [0.1, 0.15) is 0 Å². The van der Waals surface area contributed by atoms with Crippen LogP contribution in [0.3, 0.4) is 0 Å². The first kappa shape index (κ1) is 12.8. The van der Waals surface area contributed by atoms with Gasteiger partial charge in [-0.1, -0.05) is 12.1 Å². The molecular formula is C14H14N4OS. The minimum atomic E-state index is -0.352. The van der Waals surface area contributed by atoms with Crippen LogP contribution < -0.4 is 11.3 Å². The van der Waals surface area contributed by atoms with Gasteiger partial charge in [-0.15, -0.1) is 11.3 Å². The van der Waals surface area contributed by atoms with Crippen molar-refractivity contribution < 1.29 is 4.79 Å². The number of benzene rings is 1. The highest BCUT2D eigenvalue weighted by atomic mass is 32.1. The van der Waals surface area contributed by atoms with E-state index in [2.05, 4.69) is 40.1 Å². The fourth-order valence-electron chi connectivity index (χ4n) is 2.24. The van der Waals surface area contributed by atoms with E-state index in [9.17, 15) is 4.79 Å². The summed E-state index contributed by atoms with van der Waals surface area (Å²) in [7, 11) is 0. The molecule has 6 heteroatoms. The number of hydrogen-bond acceptors (Lipinski definition) is 4. The van der Waals surface area contributed by atoms with Crippen molar-refractivity contribution in [3.05, 3.63) is 52.1 Å². The van der Waals surface area contributed by atoms with Gasteiger partial charge in [0.2, 0.25) is 0 Å². The van der Waals surface area contributed by atoms with Crippen LogP contribution in [0.5, 0.6) is 0 Å². The third-order valence-corrected chi connectivity index (χ3v) is 4.13. The highest BCUT2D eigenvalue weighted by molar-refractivity contribution is 7.11. The Kier molecular flexibility index (Phi) is 3.25. The molecule has 5 nitrogen and oxygen atoms in total. The summed E-state index contributed by atoms with van der Waals surface area (Å²) < 4.78 is 2.13. The normalized spacial score (nSPS) is 10.9. The van der Waals surface area contributed by atoms with E-state index in [1.807, 2.05) is 17.6 Å². The molecule has 1 aromatic carbocycles. The molecular weight excluding hydrogens is 272 g/mol. The average molecular weight is 286 g/mol. The lowest BCUT2D eigenvalue weighted by Gasteiger charge is -2.03. The molecule has 102 valence electrons. The topological polar surface area (TPSA) is 72.9 Å². The van der Waals surface area contributed by atoms with Gasteiger partial charge in [0, 0.05) is 22.5 Å². The maximum atomic E-state index is 11.4. The van der Waals surface area contributed by atoms with E-state index >= 15 is 0 Å². The Labute approximate surface area is 120 Å². The Morgan fingerprint density at radius 1 is 1.45 bits per heavy atom. The Balaban J connectivity index is 1.92. The molecule has 0 unspecified atom stereocenters. The van der Waals surface area contributed by atoms with Crippen LogP contribution in [-0.4, -0.2) is 15.5 Å². The van der Waals surface area contributed by atoms with Gasteiger partial charge in [-0.2, -0.15) is 0 Å². The van der Waals surface area contributed by atoms with E-state index in [-0.39, 0.29) is 5.91 Å². The predicted octanol–water partition coefficient (Wildman–Crippen LogP) is 2.06. The number of nitrogens with two attached hydrogens (primary N) is 1. The Morgan fingerprint density at radius 3 is 3.10 bits per heavy atom. The molecule has 2 aromatic heterocycles. The molecule has 3 rings (SSSR count). The van der Waals surface area contributed by atoms with Crippen molar-refractivity contribution in [1.29, 1.82) is 0 Å². The Morgan fingerprint density at radius 2 is 2.30 bits per heavy atom. The smallest absolute Gasteiger partial charge is 0.294 e. The molecule has 3 aromatic rings. The lowest BCUT2D eigenvalue weighted by atomic mass is 10.1. The van der Waals surface area contributed by atoms with Crippen LogP contribution in [-0.2, 0) is 6.54 Å². The van der Waals surface area contributed by atoms with Crippen LogP contribution >= 0.6 is 11.3 Å². The zero-order valence-corrected chi connectivity index (χ0v) is 11.8. The van der Waals surface area contributed by atoms with Gasteiger partial charge in [0.05, 0.1) is 12.2 Å². The van der Waals surface area contributed by atoms with Crippen LogP contribution in [0.25, 0.3) is 10.9 Å². The number of aryl methyl sites for hydroxylation is 1.